The summed E-state index contributed by atoms with van der Waals surface area (Å²) in [4.78, 5) is 25.2. The minimum atomic E-state index is -0.881. The zero-order valence-electron chi connectivity index (χ0n) is 11.0. The Morgan fingerprint density at radius 2 is 2.15 bits per heavy atom. The van der Waals surface area contributed by atoms with Crippen LogP contribution in [0.5, 0.6) is 0 Å². The molecule has 5 nitrogen and oxygen atoms in total. The first-order valence-corrected chi connectivity index (χ1v) is 7.06. The van der Waals surface area contributed by atoms with Crippen molar-refractivity contribution in [2.45, 2.75) is 43.3 Å². The van der Waals surface area contributed by atoms with E-state index in [4.69, 9.17) is 0 Å². The van der Waals surface area contributed by atoms with Crippen LogP contribution < -0.4 is 5.32 Å². The molecule has 2 N–H and O–H groups in total. The Hall–Kier alpha value is -2.04. The van der Waals surface area contributed by atoms with Crippen LogP contribution >= 0.6 is 0 Å². The summed E-state index contributed by atoms with van der Waals surface area (Å²) in [6.45, 7) is 0. The molecule has 1 aromatic carbocycles. The molecule has 4 atom stereocenters. The number of fused-ring (bicyclic) bond motifs is 5. The highest BCUT2D eigenvalue weighted by Crippen LogP contribution is 2.47. The topological polar surface area (TPSA) is 69.6 Å². The summed E-state index contributed by atoms with van der Waals surface area (Å²) in [5.74, 6) is -0.703. The first-order valence-electron chi connectivity index (χ1n) is 7.06. The number of anilines is 1. The van der Waals surface area contributed by atoms with E-state index in [-0.39, 0.29) is 23.9 Å². The number of amides is 1. The van der Waals surface area contributed by atoms with E-state index in [1.54, 1.807) is 4.90 Å². The number of benzene rings is 1. The van der Waals surface area contributed by atoms with Gasteiger partial charge in [0.25, 0.3) is 0 Å². The number of aliphatic carboxylic acids is 1. The quantitative estimate of drug-likeness (QED) is 0.811. The molecular formula is C15H16N2O3. The molecule has 0 saturated carbocycles. The van der Waals surface area contributed by atoms with Crippen LogP contribution in [0.1, 0.15) is 30.7 Å². The van der Waals surface area contributed by atoms with Gasteiger partial charge in [-0.1, -0.05) is 18.2 Å². The normalized spacial score (nSPS) is 34.2. The second-order valence-corrected chi connectivity index (χ2v) is 5.86. The van der Waals surface area contributed by atoms with Crippen molar-refractivity contribution in [1.82, 2.24) is 4.90 Å². The fraction of sp³-hybridized carbons (Fsp3) is 0.467. The van der Waals surface area contributed by atoms with E-state index in [9.17, 15) is 14.7 Å². The number of para-hydroxylation sites is 1. The lowest BCUT2D eigenvalue weighted by atomic mass is 9.80. The smallest absolute Gasteiger partial charge is 0.326 e. The number of nitrogens with zero attached hydrogens (tertiary/aromatic N) is 1. The van der Waals surface area contributed by atoms with Crippen LogP contribution in [0.25, 0.3) is 0 Å². The Labute approximate surface area is 116 Å². The van der Waals surface area contributed by atoms with Gasteiger partial charge in [-0.3, -0.25) is 4.79 Å². The zero-order valence-corrected chi connectivity index (χ0v) is 11.0. The third-order valence-electron chi connectivity index (χ3n) is 4.93. The highest BCUT2D eigenvalue weighted by Gasteiger charge is 2.53. The molecule has 3 aliphatic heterocycles. The number of hydrogen-bond donors (Lipinski definition) is 2. The molecular weight excluding hydrogens is 256 g/mol. The summed E-state index contributed by atoms with van der Waals surface area (Å²) in [6, 6.07) is 7.57. The summed E-state index contributed by atoms with van der Waals surface area (Å²) >= 11 is 0. The van der Waals surface area contributed by atoms with Crippen LogP contribution in [0, 0.1) is 0 Å². The molecule has 0 aliphatic carbocycles. The van der Waals surface area contributed by atoms with Gasteiger partial charge in [-0.2, -0.15) is 0 Å². The van der Waals surface area contributed by atoms with Gasteiger partial charge in [-0.15, -0.1) is 0 Å². The number of hydrogen-bond acceptors (Lipinski definition) is 3. The third-order valence-corrected chi connectivity index (χ3v) is 4.93. The number of carbonyl (C=O) groups excluding carboxylic acids is 1. The molecule has 2 saturated heterocycles. The van der Waals surface area contributed by atoms with Crippen LogP contribution in [0.2, 0.25) is 0 Å². The minimum Gasteiger partial charge on any atom is -0.480 e. The maximum absolute atomic E-state index is 12.0. The van der Waals surface area contributed by atoms with E-state index >= 15 is 0 Å². The summed E-state index contributed by atoms with van der Waals surface area (Å²) < 4.78 is 0. The van der Waals surface area contributed by atoms with E-state index in [1.165, 1.54) is 5.56 Å². The maximum atomic E-state index is 12.0. The number of carbonyl (C=O) groups is 2. The standard InChI is InChI=1S/C15H16N2O3/c18-13-6-5-11-14-9(7-12(15(19)20)17(11)13)8-3-1-2-4-10(8)16-14/h1-4,9,11-12,14,16H,5-7H2,(H,19,20). The van der Waals surface area contributed by atoms with Crippen molar-refractivity contribution in [2.24, 2.45) is 0 Å². The number of rotatable bonds is 1. The van der Waals surface area contributed by atoms with Gasteiger partial charge in [-0.25, -0.2) is 4.79 Å². The van der Waals surface area contributed by atoms with Gasteiger partial charge in [0.15, 0.2) is 0 Å². The van der Waals surface area contributed by atoms with Gasteiger partial charge < -0.3 is 15.3 Å². The van der Waals surface area contributed by atoms with Crippen molar-refractivity contribution < 1.29 is 14.7 Å². The Morgan fingerprint density at radius 1 is 1.35 bits per heavy atom. The summed E-state index contributed by atoms with van der Waals surface area (Å²) in [6.07, 6.45) is 1.73. The molecule has 1 amide bonds. The van der Waals surface area contributed by atoms with Crippen molar-refractivity contribution in [1.29, 1.82) is 0 Å². The molecule has 0 spiro atoms. The molecule has 2 fully saturated rings. The van der Waals surface area contributed by atoms with E-state index < -0.39 is 12.0 Å². The molecule has 5 heteroatoms. The molecule has 1 aromatic rings. The van der Waals surface area contributed by atoms with Crippen LogP contribution in [-0.2, 0) is 9.59 Å². The molecule has 0 bridgehead atoms. The van der Waals surface area contributed by atoms with Crippen LogP contribution in [0.4, 0.5) is 5.69 Å². The Morgan fingerprint density at radius 3 is 2.95 bits per heavy atom. The second kappa shape index (κ2) is 3.98. The average Bonchev–Trinajstić information content (AvgIpc) is 2.99. The lowest BCUT2D eigenvalue weighted by Gasteiger charge is -2.42. The zero-order chi connectivity index (χ0) is 13.9. The van der Waals surface area contributed by atoms with Crippen molar-refractivity contribution in [2.75, 3.05) is 5.32 Å². The highest BCUT2D eigenvalue weighted by molar-refractivity contribution is 5.86. The third kappa shape index (κ3) is 1.43. The van der Waals surface area contributed by atoms with Crippen molar-refractivity contribution >= 4 is 17.6 Å². The van der Waals surface area contributed by atoms with Crippen molar-refractivity contribution in [3.8, 4) is 0 Å². The lowest BCUT2D eigenvalue weighted by molar-refractivity contribution is -0.152. The Kier molecular flexibility index (Phi) is 2.34. The summed E-state index contributed by atoms with van der Waals surface area (Å²) in [5.41, 5.74) is 2.29. The van der Waals surface area contributed by atoms with Crippen molar-refractivity contribution in [3.05, 3.63) is 29.8 Å². The van der Waals surface area contributed by atoms with E-state index in [0.29, 0.717) is 12.8 Å². The summed E-state index contributed by atoms with van der Waals surface area (Å²) in [7, 11) is 0. The fourth-order valence-electron chi connectivity index (χ4n) is 4.12. The molecule has 4 rings (SSSR count). The molecule has 104 valence electrons. The first kappa shape index (κ1) is 11.8. The molecule has 4 unspecified atom stereocenters. The van der Waals surface area contributed by atoms with Gasteiger partial charge in [0.05, 0.1) is 12.1 Å². The van der Waals surface area contributed by atoms with E-state index in [0.717, 1.165) is 12.1 Å². The van der Waals surface area contributed by atoms with Crippen LogP contribution in [0.3, 0.4) is 0 Å². The molecule has 20 heavy (non-hydrogen) atoms. The second-order valence-electron chi connectivity index (χ2n) is 5.86. The van der Waals surface area contributed by atoms with Crippen LogP contribution in [-0.4, -0.2) is 40.0 Å². The minimum absolute atomic E-state index is 0.00903. The number of piperidine rings is 1. The number of carboxylic acid groups (broad SMARTS) is 1. The monoisotopic (exact) mass is 272 g/mol. The molecule has 3 aliphatic rings. The maximum Gasteiger partial charge on any atom is 0.326 e. The molecule has 3 heterocycles. The average molecular weight is 272 g/mol. The first-order chi connectivity index (χ1) is 9.66. The molecule has 0 aromatic heterocycles. The van der Waals surface area contributed by atoms with E-state index in [2.05, 4.69) is 11.4 Å². The number of carboxylic acids is 1. The van der Waals surface area contributed by atoms with Gasteiger partial charge in [0.1, 0.15) is 6.04 Å². The van der Waals surface area contributed by atoms with Crippen LogP contribution in [0.15, 0.2) is 24.3 Å². The fourth-order valence-corrected chi connectivity index (χ4v) is 4.12. The predicted molar refractivity (Wildman–Crippen MR) is 72.5 cm³/mol. The number of nitrogens with one attached hydrogen (secondary N) is 1. The van der Waals surface area contributed by atoms with Gasteiger partial charge in [0, 0.05) is 18.0 Å². The largest absolute Gasteiger partial charge is 0.480 e. The Balaban J connectivity index is 1.76. The summed E-state index contributed by atoms with van der Waals surface area (Å²) in [5, 5.41) is 13.0. The van der Waals surface area contributed by atoms with Gasteiger partial charge >= 0.3 is 5.97 Å². The molecule has 0 radical (unpaired) electrons. The lowest BCUT2D eigenvalue weighted by Crippen LogP contribution is -2.57. The van der Waals surface area contributed by atoms with Crippen molar-refractivity contribution in [3.63, 3.8) is 0 Å². The SMILES string of the molecule is O=C(O)C1CC2c3ccccc3NC2C2CCC(=O)N12. The van der Waals surface area contributed by atoms with Gasteiger partial charge in [0.2, 0.25) is 5.91 Å². The predicted octanol–water partition coefficient (Wildman–Crippen LogP) is 1.41. The Bertz CT molecular complexity index is 601. The van der Waals surface area contributed by atoms with E-state index in [1.807, 2.05) is 18.2 Å². The van der Waals surface area contributed by atoms with Gasteiger partial charge in [-0.05, 0) is 24.5 Å². The highest BCUT2D eigenvalue weighted by atomic mass is 16.4.